The van der Waals surface area contributed by atoms with Gasteiger partial charge in [-0.15, -0.1) is 0 Å². The number of nitrogens with zero attached hydrogens (tertiary/aromatic N) is 1. The van der Waals surface area contributed by atoms with E-state index in [1.54, 1.807) is 0 Å². The van der Waals surface area contributed by atoms with E-state index in [9.17, 15) is 14.5 Å². The van der Waals surface area contributed by atoms with Gasteiger partial charge in [0.2, 0.25) is 0 Å². The molecule has 4 rings (SSSR count). The number of phosphoric acid groups is 1. The summed E-state index contributed by atoms with van der Waals surface area (Å²) < 4.78 is 18.7. The van der Waals surface area contributed by atoms with Crippen molar-refractivity contribution in [2.24, 2.45) is 0 Å². The summed E-state index contributed by atoms with van der Waals surface area (Å²) in [5.41, 5.74) is 0. The number of cyclic esters (lactones) is 1. The van der Waals surface area contributed by atoms with Crippen LogP contribution in [-0.4, -0.2) is 72.9 Å². The second-order valence-corrected chi connectivity index (χ2v) is 11.4. The monoisotopic (exact) mass is 519 g/mol. The third-order valence-electron chi connectivity index (χ3n) is 7.66. The first-order chi connectivity index (χ1) is 16.7. The third kappa shape index (κ3) is 8.17. The Bertz CT molecular complexity index is 709. The molecule has 10 nitrogen and oxygen atoms in total. The number of carbonyl (C=O) groups is 1. The molecule has 0 spiro atoms. The van der Waals surface area contributed by atoms with Crippen LogP contribution in [0.1, 0.15) is 96.3 Å². The third-order valence-corrected chi connectivity index (χ3v) is 8.08. The molecule has 3 saturated carbocycles. The van der Waals surface area contributed by atoms with Gasteiger partial charge in [-0.1, -0.05) is 57.8 Å². The van der Waals surface area contributed by atoms with Crippen LogP contribution in [0.2, 0.25) is 0 Å². The van der Waals surface area contributed by atoms with Crippen LogP contribution in [0.5, 0.6) is 0 Å². The summed E-state index contributed by atoms with van der Waals surface area (Å²) in [7, 11) is -5.02. The fourth-order valence-corrected chi connectivity index (χ4v) is 6.46. The number of rotatable bonds is 7. The molecule has 2 atom stereocenters. The van der Waals surface area contributed by atoms with E-state index in [2.05, 4.69) is 14.2 Å². The van der Waals surface area contributed by atoms with E-state index >= 15 is 0 Å². The molecule has 0 aromatic carbocycles. The zero-order valence-electron chi connectivity index (χ0n) is 20.5. The number of esters is 1. The minimum atomic E-state index is -5.02. The predicted octanol–water partition coefficient (Wildman–Crippen LogP) is 3.43. The van der Waals surface area contributed by atoms with E-state index in [1.807, 2.05) is 0 Å². The highest BCUT2D eigenvalue weighted by molar-refractivity contribution is 7.46. The van der Waals surface area contributed by atoms with Crippen LogP contribution in [-0.2, 0) is 18.6 Å². The van der Waals surface area contributed by atoms with Gasteiger partial charge in [0.05, 0.1) is 6.61 Å². The van der Waals surface area contributed by atoms with Gasteiger partial charge in [0.25, 0.3) is 5.76 Å². The molecule has 202 valence electrons. The molecule has 5 N–H and O–H groups in total. The number of aliphatic hydroxyl groups is 3. The minimum absolute atomic E-state index is 0.814. The second-order valence-electron chi connectivity index (χ2n) is 10.2. The molecule has 11 heteroatoms. The highest BCUT2D eigenvalue weighted by atomic mass is 31.2. The standard InChI is InChI=1S/C18H33N.C6H9O9P/c1-4-10-16(11-5-1)19(17-12-6-2-7-13-17)18-14-8-3-9-15-18;7-1-2(8)4-3(9)5(6(10)14-4)15-16(11,12)13/h16-18H,1-15H2;2,4,7-9H,1H2,(H2,11,12,13)/t;2-,4+/m.0/s1. The number of hydrogen-bond donors (Lipinski definition) is 5. The zero-order chi connectivity index (χ0) is 25.4. The van der Waals surface area contributed by atoms with Crippen molar-refractivity contribution in [3.8, 4) is 0 Å². The highest BCUT2D eigenvalue weighted by Gasteiger charge is 2.42. The second kappa shape index (κ2) is 13.4. The highest BCUT2D eigenvalue weighted by Crippen LogP contribution is 2.42. The van der Waals surface area contributed by atoms with Crippen LogP contribution in [0.15, 0.2) is 11.5 Å². The van der Waals surface area contributed by atoms with E-state index in [0.29, 0.717) is 0 Å². The van der Waals surface area contributed by atoms with Gasteiger partial charge in [-0.3, -0.25) is 14.7 Å². The van der Waals surface area contributed by atoms with Crippen molar-refractivity contribution >= 4 is 13.8 Å². The van der Waals surface area contributed by atoms with Crippen molar-refractivity contribution < 1.29 is 43.7 Å². The number of aliphatic hydroxyl groups excluding tert-OH is 3. The quantitative estimate of drug-likeness (QED) is 0.249. The number of phosphoric ester groups is 1. The SMILES string of the molecule is C1CCC(N(C2CCCCC2)C2CCCCC2)CC1.O=C1O[C@H]([C@@H](O)CO)C(O)=C1OP(=O)(O)O. The lowest BCUT2D eigenvalue weighted by molar-refractivity contribution is -0.147. The molecular weight excluding hydrogens is 477 g/mol. The van der Waals surface area contributed by atoms with Gasteiger partial charge >= 0.3 is 13.8 Å². The average molecular weight is 520 g/mol. The van der Waals surface area contributed by atoms with Crippen molar-refractivity contribution in [2.45, 2.75) is 127 Å². The summed E-state index contributed by atoms with van der Waals surface area (Å²) in [6.45, 7) is -0.814. The first kappa shape index (κ1) is 28.4. The Kier molecular flexibility index (Phi) is 10.9. The largest absolute Gasteiger partial charge is 0.525 e. The topological polar surface area (TPSA) is 157 Å². The van der Waals surface area contributed by atoms with Crippen molar-refractivity contribution in [3.05, 3.63) is 11.5 Å². The van der Waals surface area contributed by atoms with Crippen LogP contribution >= 0.6 is 7.82 Å². The van der Waals surface area contributed by atoms with E-state index in [-0.39, 0.29) is 0 Å². The fourth-order valence-electron chi connectivity index (χ4n) is 6.05. The Morgan fingerprint density at radius 3 is 1.60 bits per heavy atom. The van der Waals surface area contributed by atoms with Crippen molar-refractivity contribution in [3.63, 3.8) is 0 Å². The Labute approximate surface area is 207 Å². The Hall–Kier alpha value is -1.16. The maximum atomic E-state index is 11.0. The van der Waals surface area contributed by atoms with E-state index in [0.717, 1.165) is 18.1 Å². The maximum Gasteiger partial charge on any atom is 0.525 e. The molecule has 4 aliphatic rings. The van der Waals surface area contributed by atoms with Gasteiger partial charge in [-0.2, -0.15) is 0 Å². The molecule has 1 heterocycles. The smallest absolute Gasteiger partial charge is 0.505 e. The number of ether oxygens (including phenoxy) is 1. The van der Waals surface area contributed by atoms with Gasteiger partial charge in [0.1, 0.15) is 6.10 Å². The zero-order valence-corrected chi connectivity index (χ0v) is 21.4. The van der Waals surface area contributed by atoms with Gasteiger partial charge in [-0.05, 0) is 38.5 Å². The van der Waals surface area contributed by atoms with Crippen LogP contribution in [0.4, 0.5) is 0 Å². The summed E-state index contributed by atoms with van der Waals surface area (Å²) in [6, 6.07) is 2.87. The Morgan fingerprint density at radius 1 is 0.857 bits per heavy atom. The molecule has 0 aromatic heterocycles. The minimum Gasteiger partial charge on any atom is -0.505 e. The first-order valence-electron chi connectivity index (χ1n) is 13.2. The molecule has 3 aliphatic carbocycles. The first-order valence-corrected chi connectivity index (χ1v) is 14.7. The molecular formula is C24H42NO9P. The van der Waals surface area contributed by atoms with Crippen molar-refractivity contribution in [1.82, 2.24) is 4.90 Å². The molecule has 35 heavy (non-hydrogen) atoms. The summed E-state index contributed by atoms with van der Waals surface area (Å²) in [6.07, 6.45) is 19.3. The molecule has 0 radical (unpaired) electrons. The Balaban J connectivity index is 0.000000199. The van der Waals surface area contributed by atoms with Crippen molar-refractivity contribution in [1.29, 1.82) is 0 Å². The van der Waals surface area contributed by atoms with Crippen LogP contribution in [0, 0.1) is 0 Å². The molecule has 0 aromatic rings. The van der Waals surface area contributed by atoms with Crippen LogP contribution in [0.25, 0.3) is 0 Å². The lowest BCUT2D eigenvalue weighted by atomic mass is 9.84. The molecule has 1 aliphatic heterocycles. The molecule has 0 bridgehead atoms. The number of hydrogen-bond acceptors (Lipinski definition) is 8. The molecule has 3 fully saturated rings. The van der Waals surface area contributed by atoms with E-state index in [1.165, 1.54) is 96.3 Å². The molecule has 0 unspecified atom stereocenters. The average Bonchev–Trinajstić information content (AvgIpc) is 3.13. The van der Waals surface area contributed by atoms with Crippen molar-refractivity contribution in [2.75, 3.05) is 6.61 Å². The molecule has 0 amide bonds. The summed E-state index contributed by atoms with van der Waals surface area (Å²) in [4.78, 5) is 30.9. The summed E-state index contributed by atoms with van der Waals surface area (Å²) in [5.74, 6) is -3.39. The molecule has 0 saturated heterocycles. The van der Waals surface area contributed by atoms with Gasteiger partial charge in [0, 0.05) is 18.1 Å². The normalized spacial score (nSPS) is 26.3. The number of carbonyl (C=O) groups excluding carboxylic acids is 1. The fraction of sp³-hybridized carbons (Fsp3) is 0.875. The van der Waals surface area contributed by atoms with Gasteiger partial charge in [0.15, 0.2) is 11.9 Å². The summed E-state index contributed by atoms with van der Waals surface area (Å²) >= 11 is 0. The maximum absolute atomic E-state index is 11.0. The van der Waals surface area contributed by atoms with Gasteiger partial charge in [-0.25, -0.2) is 9.36 Å². The lowest BCUT2D eigenvalue weighted by Crippen LogP contribution is -2.51. The van der Waals surface area contributed by atoms with Crippen LogP contribution < -0.4 is 0 Å². The van der Waals surface area contributed by atoms with E-state index < -0.39 is 44.1 Å². The van der Waals surface area contributed by atoms with E-state index in [4.69, 9.17) is 20.0 Å². The predicted molar refractivity (Wildman–Crippen MR) is 128 cm³/mol. The lowest BCUT2D eigenvalue weighted by Gasteiger charge is -2.47. The van der Waals surface area contributed by atoms with Crippen LogP contribution in [0.3, 0.4) is 0 Å². The Morgan fingerprint density at radius 2 is 1.26 bits per heavy atom. The van der Waals surface area contributed by atoms with Gasteiger partial charge < -0.3 is 24.6 Å². The summed E-state index contributed by atoms with van der Waals surface area (Å²) in [5, 5.41) is 26.9.